The van der Waals surface area contributed by atoms with E-state index in [-0.39, 0.29) is 11.7 Å². The van der Waals surface area contributed by atoms with Crippen molar-refractivity contribution < 1.29 is 18.7 Å². The third-order valence-corrected chi connectivity index (χ3v) is 3.31. The van der Waals surface area contributed by atoms with Crippen molar-refractivity contribution in [2.24, 2.45) is 0 Å². The van der Waals surface area contributed by atoms with Gasteiger partial charge in [0, 0.05) is 31.5 Å². The number of halogens is 1. The van der Waals surface area contributed by atoms with Crippen LogP contribution in [0.4, 0.5) is 4.39 Å². The molecule has 1 heterocycles. The lowest BCUT2D eigenvalue weighted by atomic mass is 10.2. The lowest BCUT2D eigenvalue weighted by Crippen LogP contribution is -2.35. The maximum atomic E-state index is 13.1. The molecule has 0 spiro atoms. The second-order valence-corrected chi connectivity index (χ2v) is 5.13. The Balaban J connectivity index is 1.89. The Morgan fingerprint density at radius 2 is 2.12 bits per heavy atom. The Bertz CT molecular complexity index is 662. The number of hydrogen-bond donors (Lipinski definition) is 1. The lowest BCUT2D eigenvalue weighted by Gasteiger charge is -2.14. The van der Waals surface area contributed by atoms with Gasteiger partial charge in [-0.1, -0.05) is 19.1 Å². The fourth-order valence-electron chi connectivity index (χ4n) is 2.11. The number of carbonyl (C=O) groups is 1. The molecule has 128 valence electrons. The molecule has 6 heteroatoms. The molecular formula is C18H21FN2O3. The van der Waals surface area contributed by atoms with Gasteiger partial charge in [0.2, 0.25) is 11.8 Å². The highest BCUT2D eigenvalue weighted by Gasteiger charge is 2.15. The molecule has 24 heavy (non-hydrogen) atoms. The summed E-state index contributed by atoms with van der Waals surface area (Å²) in [6.07, 6.45) is 1.80. The van der Waals surface area contributed by atoms with Crippen LogP contribution in [0.25, 0.3) is 0 Å². The molecule has 1 amide bonds. The molecule has 0 aliphatic rings. The number of pyridine rings is 1. The summed E-state index contributed by atoms with van der Waals surface area (Å²) in [6, 6.07) is 9.32. The van der Waals surface area contributed by atoms with Crippen LogP contribution in [0.5, 0.6) is 11.6 Å². The van der Waals surface area contributed by atoms with Crippen molar-refractivity contribution in [1.29, 1.82) is 0 Å². The van der Waals surface area contributed by atoms with Crippen molar-refractivity contribution in [2.75, 3.05) is 6.61 Å². The van der Waals surface area contributed by atoms with Gasteiger partial charge in [-0.05, 0) is 31.0 Å². The number of hydrogen-bond acceptors (Lipinski definition) is 4. The van der Waals surface area contributed by atoms with Crippen LogP contribution in [0, 0.1) is 5.82 Å². The number of amides is 1. The van der Waals surface area contributed by atoms with Crippen LogP contribution in [0.3, 0.4) is 0 Å². The first-order valence-electron chi connectivity index (χ1n) is 7.90. The third kappa shape index (κ3) is 5.31. The second kappa shape index (κ2) is 8.98. The molecule has 0 radical (unpaired) electrons. The number of nitrogens with one attached hydrogen (secondary N) is 1. The largest absolute Gasteiger partial charge is 0.439 e. The molecule has 0 saturated heterocycles. The van der Waals surface area contributed by atoms with Gasteiger partial charge in [0.1, 0.15) is 17.7 Å². The summed E-state index contributed by atoms with van der Waals surface area (Å²) < 4.78 is 23.9. The van der Waals surface area contributed by atoms with E-state index >= 15 is 0 Å². The average molecular weight is 332 g/mol. The van der Waals surface area contributed by atoms with E-state index in [4.69, 9.17) is 9.47 Å². The van der Waals surface area contributed by atoms with E-state index in [1.807, 2.05) is 13.8 Å². The van der Waals surface area contributed by atoms with Crippen molar-refractivity contribution in [3.8, 4) is 11.6 Å². The summed E-state index contributed by atoms with van der Waals surface area (Å²) in [5.41, 5.74) is 0.835. The third-order valence-electron chi connectivity index (χ3n) is 3.31. The standard InChI is InChI=1S/C18H21FN2O3/c1-3-16(23-4-2)18(22)21-12-13-8-9-17(20-11-13)24-15-7-5-6-14(19)10-15/h5-11,16H,3-4,12H2,1-2H3,(H,21,22). The summed E-state index contributed by atoms with van der Waals surface area (Å²) >= 11 is 0. The second-order valence-electron chi connectivity index (χ2n) is 5.13. The molecule has 1 aromatic carbocycles. The smallest absolute Gasteiger partial charge is 0.249 e. The van der Waals surface area contributed by atoms with Crippen molar-refractivity contribution in [3.05, 3.63) is 54.0 Å². The number of carbonyl (C=O) groups excluding carboxylic acids is 1. The number of ether oxygens (including phenoxy) is 2. The molecule has 0 aliphatic heterocycles. The van der Waals surface area contributed by atoms with E-state index in [0.717, 1.165) is 5.56 Å². The van der Waals surface area contributed by atoms with Crippen molar-refractivity contribution >= 4 is 5.91 Å². The van der Waals surface area contributed by atoms with Crippen LogP contribution in [0.2, 0.25) is 0 Å². The van der Waals surface area contributed by atoms with Crippen LogP contribution < -0.4 is 10.1 Å². The summed E-state index contributed by atoms with van der Waals surface area (Å²) in [5, 5.41) is 2.82. The molecule has 2 rings (SSSR count). The van der Waals surface area contributed by atoms with E-state index in [2.05, 4.69) is 10.3 Å². The van der Waals surface area contributed by atoms with Gasteiger partial charge >= 0.3 is 0 Å². The molecule has 1 N–H and O–H groups in total. The SMILES string of the molecule is CCOC(CC)C(=O)NCc1ccc(Oc2cccc(F)c2)nc1. The Hall–Kier alpha value is -2.47. The summed E-state index contributed by atoms with van der Waals surface area (Å²) in [4.78, 5) is 16.1. The Labute approximate surface area is 140 Å². The summed E-state index contributed by atoms with van der Waals surface area (Å²) in [7, 11) is 0. The van der Waals surface area contributed by atoms with Gasteiger partial charge in [-0.2, -0.15) is 0 Å². The van der Waals surface area contributed by atoms with Gasteiger partial charge in [0.15, 0.2) is 0 Å². The molecule has 0 fully saturated rings. The topological polar surface area (TPSA) is 60.5 Å². The van der Waals surface area contributed by atoms with Crippen LogP contribution >= 0.6 is 0 Å². The Morgan fingerprint density at radius 3 is 2.75 bits per heavy atom. The minimum absolute atomic E-state index is 0.139. The number of nitrogens with zero attached hydrogens (tertiary/aromatic N) is 1. The first kappa shape index (κ1) is 17.9. The fraction of sp³-hybridized carbons (Fsp3) is 0.333. The minimum atomic E-state index is -0.432. The quantitative estimate of drug-likeness (QED) is 0.804. The zero-order valence-corrected chi connectivity index (χ0v) is 13.8. The van der Waals surface area contributed by atoms with Crippen molar-refractivity contribution in [3.63, 3.8) is 0 Å². The van der Waals surface area contributed by atoms with E-state index in [0.29, 0.717) is 31.2 Å². The average Bonchev–Trinajstić information content (AvgIpc) is 2.59. The number of aromatic nitrogens is 1. The molecule has 1 aromatic heterocycles. The van der Waals surface area contributed by atoms with Gasteiger partial charge in [0.25, 0.3) is 0 Å². The normalized spacial score (nSPS) is 11.8. The zero-order chi connectivity index (χ0) is 17.4. The van der Waals surface area contributed by atoms with Gasteiger partial charge in [-0.25, -0.2) is 9.37 Å². The summed E-state index contributed by atoms with van der Waals surface area (Å²) in [6.45, 7) is 4.62. The predicted octanol–water partition coefficient (Wildman–Crippen LogP) is 3.44. The van der Waals surface area contributed by atoms with E-state index < -0.39 is 6.10 Å². The maximum Gasteiger partial charge on any atom is 0.249 e. The van der Waals surface area contributed by atoms with E-state index in [1.165, 1.54) is 12.1 Å². The molecular weight excluding hydrogens is 311 g/mol. The number of rotatable bonds is 8. The van der Waals surface area contributed by atoms with Gasteiger partial charge in [0.05, 0.1) is 0 Å². The Morgan fingerprint density at radius 1 is 1.29 bits per heavy atom. The highest BCUT2D eigenvalue weighted by molar-refractivity contribution is 5.80. The maximum absolute atomic E-state index is 13.1. The van der Waals surface area contributed by atoms with Crippen LogP contribution in [0.15, 0.2) is 42.6 Å². The minimum Gasteiger partial charge on any atom is -0.439 e. The molecule has 0 saturated carbocycles. The van der Waals surface area contributed by atoms with E-state index in [9.17, 15) is 9.18 Å². The highest BCUT2D eigenvalue weighted by atomic mass is 19.1. The molecule has 5 nitrogen and oxygen atoms in total. The first-order chi connectivity index (χ1) is 11.6. The summed E-state index contributed by atoms with van der Waals surface area (Å²) in [5.74, 6) is 0.230. The lowest BCUT2D eigenvalue weighted by molar-refractivity contribution is -0.132. The van der Waals surface area contributed by atoms with Crippen LogP contribution in [0.1, 0.15) is 25.8 Å². The van der Waals surface area contributed by atoms with Crippen molar-refractivity contribution in [1.82, 2.24) is 10.3 Å². The molecule has 1 unspecified atom stereocenters. The zero-order valence-electron chi connectivity index (χ0n) is 13.8. The molecule has 1 atom stereocenters. The van der Waals surface area contributed by atoms with Gasteiger partial charge in [-0.15, -0.1) is 0 Å². The predicted molar refractivity (Wildman–Crippen MR) is 88.3 cm³/mol. The van der Waals surface area contributed by atoms with Gasteiger partial charge < -0.3 is 14.8 Å². The monoisotopic (exact) mass is 332 g/mol. The highest BCUT2D eigenvalue weighted by Crippen LogP contribution is 2.19. The molecule has 0 aliphatic carbocycles. The van der Waals surface area contributed by atoms with Gasteiger partial charge in [-0.3, -0.25) is 4.79 Å². The van der Waals surface area contributed by atoms with Crippen molar-refractivity contribution in [2.45, 2.75) is 32.9 Å². The number of benzene rings is 1. The Kier molecular flexibility index (Phi) is 6.69. The molecule has 0 bridgehead atoms. The first-order valence-corrected chi connectivity index (χ1v) is 7.90. The van der Waals surface area contributed by atoms with Crippen LogP contribution in [-0.2, 0) is 16.1 Å². The van der Waals surface area contributed by atoms with E-state index in [1.54, 1.807) is 30.5 Å². The fourth-order valence-corrected chi connectivity index (χ4v) is 2.11. The molecule has 2 aromatic rings. The van der Waals surface area contributed by atoms with Crippen LogP contribution in [-0.4, -0.2) is 23.6 Å².